The Morgan fingerprint density at radius 2 is 1.50 bits per heavy atom. The SMILES string of the molecule is CC(=O)N1C2CCC(C3CCC(S(C)(=O)=O)CC3)CC2N(C(=O)OC2CCCC2)C[C@@H]1C. The van der Waals surface area contributed by atoms with Gasteiger partial charge in [-0.1, -0.05) is 0 Å². The van der Waals surface area contributed by atoms with E-state index in [9.17, 15) is 18.0 Å². The van der Waals surface area contributed by atoms with Gasteiger partial charge in [0.05, 0.1) is 17.3 Å². The Hall–Kier alpha value is -1.31. The van der Waals surface area contributed by atoms with Crippen molar-refractivity contribution < 1.29 is 22.7 Å². The summed E-state index contributed by atoms with van der Waals surface area (Å²) in [6, 6.07) is 0.0398. The van der Waals surface area contributed by atoms with Crippen LogP contribution in [0, 0.1) is 11.8 Å². The zero-order valence-corrected chi connectivity index (χ0v) is 20.7. The van der Waals surface area contributed by atoms with Crippen molar-refractivity contribution in [2.45, 2.75) is 114 Å². The molecule has 4 rings (SSSR count). The van der Waals surface area contributed by atoms with Gasteiger partial charge in [-0.25, -0.2) is 13.2 Å². The molecule has 182 valence electrons. The summed E-state index contributed by atoms with van der Waals surface area (Å²) >= 11 is 0. The quantitative estimate of drug-likeness (QED) is 0.630. The summed E-state index contributed by atoms with van der Waals surface area (Å²) in [6.07, 6.45) is 11.5. The number of carbonyl (C=O) groups is 2. The first-order valence-corrected chi connectivity index (χ1v) is 14.6. The predicted octanol–water partition coefficient (Wildman–Crippen LogP) is 3.76. The van der Waals surface area contributed by atoms with Crippen molar-refractivity contribution in [2.75, 3.05) is 12.8 Å². The molecule has 8 heteroatoms. The van der Waals surface area contributed by atoms with Crippen LogP contribution >= 0.6 is 0 Å². The molecule has 0 aromatic carbocycles. The number of nitrogens with zero attached hydrogens (tertiary/aromatic N) is 2. The van der Waals surface area contributed by atoms with E-state index in [-0.39, 0.29) is 41.5 Å². The van der Waals surface area contributed by atoms with Crippen molar-refractivity contribution in [1.82, 2.24) is 9.80 Å². The van der Waals surface area contributed by atoms with Gasteiger partial charge < -0.3 is 14.5 Å². The van der Waals surface area contributed by atoms with Crippen LogP contribution < -0.4 is 0 Å². The van der Waals surface area contributed by atoms with E-state index in [4.69, 9.17) is 4.74 Å². The highest BCUT2D eigenvalue weighted by Crippen LogP contribution is 2.43. The topological polar surface area (TPSA) is 84.0 Å². The highest BCUT2D eigenvalue weighted by Gasteiger charge is 2.48. The van der Waals surface area contributed by atoms with Gasteiger partial charge >= 0.3 is 6.09 Å². The van der Waals surface area contributed by atoms with E-state index < -0.39 is 9.84 Å². The maximum Gasteiger partial charge on any atom is 0.410 e. The van der Waals surface area contributed by atoms with Crippen LogP contribution in [0.1, 0.15) is 84.5 Å². The summed E-state index contributed by atoms with van der Waals surface area (Å²) in [5.74, 6) is 1.07. The second-order valence-corrected chi connectivity index (χ2v) is 13.1. The summed E-state index contributed by atoms with van der Waals surface area (Å²) in [4.78, 5) is 29.6. The Morgan fingerprint density at radius 1 is 0.875 bits per heavy atom. The van der Waals surface area contributed by atoms with E-state index in [1.54, 1.807) is 6.92 Å². The number of sulfone groups is 1. The number of hydrogen-bond acceptors (Lipinski definition) is 5. The number of ether oxygens (including phenoxy) is 1. The van der Waals surface area contributed by atoms with E-state index in [2.05, 4.69) is 0 Å². The molecule has 1 saturated heterocycles. The first-order valence-electron chi connectivity index (χ1n) is 12.6. The lowest BCUT2D eigenvalue weighted by atomic mass is 9.69. The van der Waals surface area contributed by atoms with Crippen molar-refractivity contribution in [3.63, 3.8) is 0 Å². The number of carbonyl (C=O) groups excluding carboxylic acids is 2. The van der Waals surface area contributed by atoms with Crippen LogP contribution in [-0.2, 0) is 19.4 Å². The van der Waals surface area contributed by atoms with E-state index in [0.717, 1.165) is 70.6 Å². The fraction of sp³-hybridized carbons (Fsp3) is 0.917. The molecule has 0 bridgehead atoms. The van der Waals surface area contributed by atoms with Crippen molar-refractivity contribution in [2.24, 2.45) is 11.8 Å². The molecule has 0 radical (unpaired) electrons. The maximum atomic E-state index is 13.2. The lowest BCUT2D eigenvalue weighted by Crippen LogP contribution is -2.67. The lowest BCUT2D eigenvalue weighted by Gasteiger charge is -2.54. The molecule has 32 heavy (non-hydrogen) atoms. The predicted molar refractivity (Wildman–Crippen MR) is 123 cm³/mol. The van der Waals surface area contributed by atoms with Gasteiger partial charge in [-0.3, -0.25) is 4.79 Å². The van der Waals surface area contributed by atoms with Gasteiger partial charge in [-0.15, -0.1) is 0 Å². The van der Waals surface area contributed by atoms with E-state index in [1.165, 1.54) is 6.26 Å². The van der Waals surface area contributed by atoms with Crippen molar-refractivity contribution in [3.05, 3.63) is 0 Å². The van der Waals surface area contributed by atoms with E-state index >= 15 is 0 Å². The molecule has 0 N–H and O–H groups in total. The van der Waals surface area contributed by atoms with Crippen LogP contribution in [0.5, 0.6) is 0 Å². The molecule has 3 aliphatic carbocycles. The Balaban J connectivity index is 1.47. The van der Waals surface area contributed by atoms with Gasteiger partial charge in [0.25, 0.3) is 0 Å². The summed E-state index contributed by atoms with van der Waals surface area (Å²) < 4.78 is 29.8. The van der Waals surface area contributed by atoms with Gasteiger partial charge in [0.2, 0.25) is 5.91 Å². The van der Waals surface area contributed by atoms with Crippen LogP contribution in [0.3, 0.4) is 0 Å². The first kappa shape index (κ1) is 23.8. The molecule has 4 atom stereocenters. The third-order valence-electron chi connectivity index (χ3n) is 8.67. The van der Waals surface area contributed by atoms with Crippen molar-refractivity contribution in [3.8, 4) is 0 Å². The lowest BCUT2D eigenvalue weighted by molar-refractivity contribution is -0.142. The number of hydrogen-bond donors (Lipinski definition) is 0. The normalized spacial score (nSPS) is 36.6. The number of rotatable bonds is 3. The van der Waals surface area contributed by atoms with Gasteiger partial charge in [-0.05, 0) is 89.4 Å². The number of amides is 2. The highest BCUT2D eigenvalue weighted by atomic mass is 32.2. The average Bonchev–Trinajstić information content (AvgIpc) is 3.25. The molecule has 7 nitrogen and oxygen atoms in total. The summed E-state index contributed by atoms with van der Waals surface area (Å²) in [7, 11) is -2.97. The van der Waals surface area contributed by atoms with E-state index in [0.29, 0.717) is 18.4 Å². The summed E-state index contributed by atoms with van der Waals surface area (Å²) in [6.45, 7) is 4.20. The molecule has 0 spiro atoms. The smallest absolute Gasteiger partial charge is 0.410 e. The molecule has 0 aromatic rings. The Labute approximate surface area is 193 Å². The van der Waals surface area contributed by atoms with Gasteiger partial charge in [0.1, 0.15) is 15.9 Å². The molecule has 3 saturated carbocycles. The molecule has 0 aromatic heterocycles. The minimum Gasteiger partial charge on any atom is -0.446 e. The summed E-state index contributed by atoms with van der Waals surface area (Å²) in [5, 5.41) is -0.197. The van der Waals surface area contributed by atoms with Crippen LogP contribution in [0.15, 0.2) is 0 Å². The van der Waals surface area contributed by atoms with Crippen LogP contribution in [0.2, 0.25) is 0 Å². The Bertz CT molecular complexity index is 801. The third kappa shape index (κ3) is 4.95. The molecule has 1 heterocycles. The number of fused-ring (bicyclic) bond motifs is 1. The maximum absolute atomic E-state index is 13.2. The van der Waals surface area contributed by atoms with Crippen LogP contribution in [0.25, 0.3) is 0 Å². The zero-order valence-electron chi connectivity index (χ0n) is 19.9. The third-order valence-corrected chi connectivity index (χ3v) is 10.4. The highest BCUT2D eigenvalue weighted by molar-refractivity contribution is 7.91. The van der Waals surface area contributed by atoms with E-state index in [1.807, 2.05) is 16.7 Å². The average molecular weight is 469 g/mol. The molecule has 3 unspecified atom stereocenters. The molecule has 4 aliphatic rings. The largest absolute Gasteiger partial charge is 0.446 e. The first-order chi connectivity index (χ1) is 15.1. The van der Waals surface area contributed by atoms with Crippen LogP contribution in [-0.4, -0.2) is 72.5 Å². The fourth-order valence-corrected chi connectivity index (χ4v) is 8.17. The Morgan fingerprint density at radius 3 is 2.09 bits per heavy atom. The van der Waals surface area contributed by atoms with Gasteiger partial charge in [-0.2, -0.15) is 0 Å². The number of piperazine rings is 1. The molecule has 4 fully saturated rings. The fourth-order valence-electron chi connectivity index (χ4n) is 7.04. The molecular weight excluding hydrogens is 428 g/mol. The minimum absolute atomic E-state index is 0.00427. The Kier molecular flexibility index (Phi) is 7.08. The van der Waals surface area contributed by atoms with Crippen molar-refractivity contribution in [1.29, 1.82) is 0 Å². The van der Waals surface area contributed by atoms with Gasteiger partial charge in [0, 0.05) is 25.8 Å². The monoisotopic (exact) mass is 468 g/mol. The van der Waals surface area contributed by atoms with Crippen LogP contribution in [0.4, 0.5) is 4.79 Å². The molecule has 2 amide bonds. The minimum atomic E-state index is -2.97. The molecular formula is C24H40N2O5S. The summed E-state index contributed by atoms with van der Waals surface area (Å²) in [5.41, 5.74) is 0. The second kappa shape index (κ2) is 9.51. The second-order valence-electron chi connectivity index (χ2n) is 10.8. The van der Waals surface area contributed by atoms with Gasteiger partial charge in [0.15, 0.2) is 0 Å². The zero-order chi connectivity index (χ0) is 23.0. The van der Waals surface area contributed by atoms with Crippen molar-refractivity contribution >= 4 is 21.8 Å². The standard InChI is InChI=1S/C24H40N2O5S/c1-16-15-25(24(28)31-20-6-4-5-7-20)23-14-19(10-13-22(23)26(16)17(2)27)18-8-11-21(12-9-18)32(3,29)30/h16,18-23H,4-15H2,1-3H3/t16-,18?,19?,21?,22?,23?/m0/s1. The molecule has 1 aliphatic heterocycles.